The maximum absolute atomic E-state index is 10.8. The molecule has 0 atom stereocenters. The maximum Gasteiger partial charge on any atom is 0.161 e. The molecule has 0 fully saturated rings. The fraction of sp³-hybridized carbons (Fsp3) is 0.250. The summed E-state index contributed by atoms with van der Waals surface area (Å²) in [5, 5.41) is 0. The molecule has 0 spiro atoms. The Morgan fingerprint density at radius 3 is 2.57 bits per heavy atom. The monoisotopic (exact) mass is 287 g/mol. The van der Waals surface area contributed by atoms with Crippen LogP contribution in [-0.4, -0.2) is 25.5 Å². The SMILES string of the molecule is COc1cc(C)nc(COc2ccc(C=O)cc2OC)c1. The summed E-state index contributed by atoms with van der Waals surface area (Å²) in [4.78, 5) is 15.1. The van der Waals surface area contributed by atoms with E-state index in [9.17, 15) is 4.79 Å². The van der Waals surface area contributed by atoms with Crippen molar-refractivity contribution in [3.63, 3.8) is 0 Å². The lowest BCUT2D eigenvalue weighted by Gasteiger charge is -2.11. The van der Waals surface area contributed by atoms with Crippen molar-refractivity contribution in [3.05, 3.63) is 47.3 Å². The zero-order valence-electron chi connectivity index (χ0n) is 12.3. The zero-order chi connectivity index (χ0) is 15.2. The lowest BCUT2D eigenvalue weighted by molar-refractivity contribution is 0.112. The summed E-state index contributed by atoms with van der Waals surface area (Å²) in [6.07, 6.45) is 0.763. The van der Waals surface area contributed by atoms with E-state index in [0.717, 1.165) is 23.4 Å². The van der Waals surface area contributed by atoms with Gasteiger partial charge in [0.25, 0.3) is 0 Å². The van der Waals surface area contributed by atoms with Gasteiger partial charge in [-0.1, -0.05) is 0 Å². The predicted molar refractivity (Wildman–Crippen MR) is 78.2 cm³/mol. The number of aldehydes is 1. The van der Waals surface area contributed by atoms with Crippen LogP contribution in [0.25, 0.3) is 0 Å². The van der Waals surface area contributed by atoms with Crippen LogP contribution in [0.15, 0.2) is 30.3 Å². The van der Waals surface area contributed by atoms with Gasteiger partial charge in [0, 0.05) is 23.4 Å². The molecule has 5 heteroatoms. The number of carbonyl (C=O) groups excluding carboxylic acids is 1. The van der Waals surface area contributed by atoms with Crippen molar-refractivity contribution in [1.29, 1.82) is 0 Å². The first-order valence-corrected chi connectivity index (χ1v) is 6.44. The van der Waals surface area contributed by atoms with Crippen LogP contribution in [-0.2, 0) is 6.61 Å². The van der Waals surface area contributed by atoms with Crippen LogP contribution in [0.3, 0.4) is 0 Å². The number of methoxy groups -OCH3 is 2. The molecule has 2 aromatic rings. The topological polar surface area (TPSA) is 57.7 Å². The predicted octanol–water partition coefficient (Wildman–Crippen LogP) is 2.80. The van der Waals surface area contributed by atoms with Crippen molar-refractivity contribution in [1.82, 2.24) is 4.98 Å². The fourth-order valence-corrected chi connectivity index (χ4v) is 1.92. The van der Waals surface area contributed by atoms with Crippen LogP contribution in [0.1, 0.15) is 21.7 Å². The molecule has 1 heterocycles. The average molecular weight is 287 g/mol. The second-order valence-electron chi connectivity index (χ2n) is 4.46. The molecular weight excluding hydrogens is 270 g/mol. The zero-order valence-corrected chi connectivity index (χ0v) is 12.3. The Hall–Kier alpha value is -2.56. The van der Waals surface area contributed by atoms with Gasteiger partial charge in [-0.25, -0.2) is 0 Å². The van der Waals surface area contributed by atoms with E-state index in [1.54, 1.807) is 25.3 Å². The third-order valence-electron chi connectivity index (χ3n) is 2.91. The lowest BCUT2D eigenvalue weighted by Crippen LogP contribution is -2.02. The summed E-state index contributed by atoms with van der Waals surface area (Å²) in [7, 11) is 3.14. The number of nitrogens with zero attached hydrogens (tertiary/aromatic N) is 1. The molecule has 0 N–H and O–H groups in total. The van der Waals surface area contributed by atoms with E-state index in [0.29, 0.717) is 17.1 Å². The largest absolute Gasteiger partial charge is 0.497 e. The third kappa shape index (κ3) is 3.72. The smallest absolute Gasteiger partial charge is 0.161 e. The van der Waals surface area contributed by atoms with Crippen LogP contribution in [0, 0.1) is 6.92 Å². The molecule has 110 valence electrons. The first-order valence-electron chi connectivity index (χ1n) is 6.44. The third-order valence-corrected chi connectivity index (χ3v) is 2.91. The summed E-state index contributed by atoms with van der Waals surface area (Å²) in [5.74, 6) is 1.81. The van der Waals surface area contributed by atoms with Crippen molar-refractivity contribution >= 4 is 6.29 Å². The Morgan fingerprint density at radius 1 is 1.10 bits per heavy atom. The molecule has 2 rings (SSSR count). The normalized spacial score (nSPS) is 10.0. The number of hydrogen-bond donors (Lipinski definition) is 0. The van der Waals surface area contributed by atoms with Crippen molar-refractivity contribution in [3.8, 4) is 17.2 Å². The highest BCUT2D eigenvalue weighted by molar-refractivity contribution is 5.76. The van der Waals surface area contributed by atoms with Crippen LogP contribution in [0.5, 0.6) is 17.2 Å². The highest BCUT2D eigenvalue weighted by atomic mass is 16.5. The van der Waals surface area contributed by atoms with E-state index in [2.05, 4.69) is 4.98 Å². The summed E-state index contributed by atoms with van der Waals surface area (Å²) >= 11 is 0. The average Bonchev–Trinajstić information content (AvgIpc) is 2.52. The van der Waals surface area contributed by atoms with Crippen LogP contribution < -0.4 is 14.2 Å². The van der Waals surface area contributed by atoms with Crippen molar-refractivity contribution < 1.29 is 19.0 Å². The molecule has 0 aliphatic rings. The van der Waals surface area contributed by atoms with Gasteiger partial charge in [0.1, 0.15) is 18.6 Å². The molecule has 0 bridgehead atoms. The van der Waals surface area contributed by atoms with E-state index in [4.69, 9.17) is 14.2 Å². The van der Waals surface area contributed by atoms with Crippen molar-refractivity contribution in [2.45, 2.75) is 13.5 Å². The fourth-order valence-electron chi connectivity index (χ4n) is 1.92. The highest BCUT2D eigenvalue weighted by Crippen LogP contribution is 2.28. The first kappa shape index (κ1) is 14.8. The van der Waals surface area contributed by atoms with E-state index >= 15 is 0 Å². The molecular formula is C16H17NO4. The van der Waals surface area contributed by atoms with E-state index in [1.807, 2.05) is 19.1 Å². The Bertz CT molecular complexity index is 640. The van der Waals surface area contributed by atoms with Crippen LogP contribution in [0.4, 0.5) is 0 Å². The summed E-state index contributed by atoms with van der Waals surface area (Å²) < 4.78 is 16.1. The van der Waals surface area contributed by atoms with E-state index < -0.39 is 0 Å². The quantitative estimate of drug-likeness (QED) is 0.765. The Balaban J connectivity index is 2.16. The standard InChI is InChI=1S/C16H17NO4/c1-11-6-14(19-2)8-13(17-11)10-21-15-5-4-12(9-18)7-16(15)20-3/h4-9H,10H2,1-3H3. The van der Waals surface area contributed by atoms with Gasteiger partial charge in [-0.2, -0.15) is 0 Å². The minimum atomic E-state index is 0.287. The number of benzene rings is 1. The molecule has 1 aromatic heterocycles. The van der Waals surface area contributed by atoms with Gasteiger partial charge in [0.2, 0.25) is 0 Å². The maximum atomic E-state index is 10.8. The number of ether oxygens (including phenoxy) is 3. The molecule has 0 amide bonds. The van der Waals surface area contributed by atoms with Gasteiger partial charge in [0.15, 0.2) is 11.5 Å². The molecule has 0 unspecified atom stereocenters. The van der Waals surface area contributed by atoms with Gasteiger partial charge < -0.3 is 14.2 Å². The van der Waals surface area contributed by atoms with Crippen LogP contribution in [0.2, 0.25) is 0 Å². The molecule has 0 radical (unpaired) electrons. The minimum Gasteiger partial charge on any atom is -0.497 e. The van der Waals surface area contributed by atoms with Gasteiger partial charge in [-0.15, -0.1) is 0 Å². The minimum absolute atomic E-state index is 0.287. The van der Waals surface area contributed by atoms with E-state index in [1.165, 1.54) is 7.11 Å². The molecule has 0 aliphatic carbocycles. The second-order valence-corrected chi connectivity index (χ2v) is 4.46. The number of aromatic nitrogens is 1. The second kappa shape index (κ2) is 6.74. The molecule has 0 saturated carbocycles. The van der Waals surface area contributed by atoms with Crippen LogP contribution >= 0.6 is 0 Å². The Labute approximate surface area is 123 Å². The number of hydrogen-bond acceptors (Lipinski definition) is 5. The highest BCUT2D eigenvalue weighted by Gasteiger charge is 2.07. The van der Waals surface area contributed by atoms with Gasteiger partial charge in [0.05, 0.1) is 19.9 Å². The lowest BCUT2D eigenvalue weighted by atomic mass is 10.2. The summed E-state index contributed by atoms with van der Waals surface area (Å²) in [6, 6.07) is 8.68. The van der Waals surface area contributed by atoms with Crippen molar-refractivity contribution in [2.24, 2.45) is 0 Å². The van der Waals surface area contributed by atoms with Gasteiger partial charge in [-0.3, -0.25) is 9.78 Å². The van der Waals surface area contributed by atoms with Crippen molar-refractivity contribution in [2.75, 3.05) is 14.2 Å². The molecule has 5 nitrogen and oxygen atoms in total. The Morgan fingerprint density at radius 2 is 1.90 bits per heavy atom. The number of pyridine rings is 1. The first-order chi connectivity index (χ1) is 10.2. The molecule has 0 saturated heterocycles. The van der Waals surface area contributed by atoms with Gasteiger partial charge >= 0.3 is 0 Å². The number of rotatable bonds is 6. The van der Waals surface area contributed by atoms with Gasteiger partial charge in [-0.05, 0) is 25.1 Å². The number of carbonyl (C=O) groups is 1. The molecule has 0 aliphatic heterocycles. The van der Waals surface area contributed by atoms with E-state index in [-0.39, 0.29) is 6.61 Å². The number of aryl methyl sites for hydroxylation is 1. The summed E-state index contributed by atoms with van der Waals surface area (Å²) in [5.41, 5.74) is 2.15. The Kier molecular flexibility index (Phi) is 4.77. The summed E-state index contributed by atoms with van der Waals surface area (Å²) in [6.45, 7) is 2.18. The molecule has 21 heavy (non-hydrogen) atoms. The molecule has 1 aromatic carbocycles.